The summed E-state index contributed by atoms with van der Waals surface area (Å²) in [4.78, 5) is 13.9. The number of benzene rings is 2. The molecule has 0 unspecified atom stereocenters. The van der Waals surface area contributed by atoms with Crippen LogP contribution in [0.3, 0.4) is 0 Å². The Labute approximate surface area is 170 Å². The van der Waals surface area contributed by atoms with E-state index < -0.39 is 29.2 Å². The first-order chi connectivity index (χ1) is 14.1. The molecule has 0 aliphatic heterocycles. The first kappa shape index (κ1) is 21.4. The van der Waals surface area contributed by atoms with Crippen molar-refractivity contribution in [1.29, 1.82) is 0 Å². The molecule has 0 saturated carbocycles. The normalized spacial score (nSPS) is 11.4. The molecule has 0 radical (unpaired) electrons. The molecule has 158 valence electrons. The second-order valence-corrected chi connectivity index (χ2v) is 6.78. The highest BCUT2D eigenvalue weighted by atomic mass is 19.4. The van der Waals surface area contributed by atoms with E-state index in [0.717, 1.165) is 16.7 Å². The third-order valence-electron chi connectivity index (χ3n) is 4.53. The summed E-state index contributed by atoms with van der Waals surface area (Å²) < 4.78 is 60.8. The smallest absolute Gasteiger partial charge is 0.434 e. The summed E-state index contributed by atoms with van der Waals surface area (Å²) in [5.74, 6) is -1.47. The lowest BCUT2D eigenvalue weighted by molar-refractivity contribution is -0.143. The second-order valence-electron chi connectivity index (χ2n) is 6.78. The molecule has 2 aromatic carbocycles. The molecule has 0 bridgehead atoms. The lowest BCUT2D eigenvalue weighted by atomic mass is 10.1. The largest absolute Gasteiger partial charge is 0.494 e. The van der Waals surface area contributed by atoms with Crippen molar-refractivity contribution in [2.75, 3.05) is 14.2 Å². The predicted molar refractivity (Wildman–Crippen MR) is 102 cm³/mol. The van der Waals surface area contributed by atoms with Crippen molar-refractivity contribution in [2.24, 2.45) is 0 Å². The summed E-state index contributed by atoms with van der Waals surface area (Å²) >= 11 is 0. The van der Waals surface area contributed by atoms with Gasteiger partial charge in [-0.1, -0.05) is 23.8 Å². The molecular formula is C21H19F4N3O2. The van der Waals surface area contributed by atoms with E-state index >= 15 is 0 Å². The zero-order valence-corrected chi connectivity index (χ0v) is 16.5. The minimum atomic E-state index is -4.81. The van der Waals surface area contributed by atoms with E-state index in [4.69, 9.17) is 4.74 Å². The predicted octanol–water partition coefficient (Wildman–Crippen LogP) is 4.62. The van der Waals surface area contributed by atoms with Crippen LogP contribution in [0.5, 0.6) is 5.75 Å². The van der Waals surface area contributed by atoms with Gasteiger partial charge in [0.05, 0.1) is 24.6 Å². The second kappa shape index (κ2) is 8.17. The highest BCUT2D eigenvalue weighted by Gasteiger charge is 2.41. The first-order valence-corrected chi connectivity index (χ1v) is 8.92. The first-order valence-electron chi connectivity index (χ1n) is 8.92. The average molecular weight is 421 g/mol. The van der Waals surface area contributed by atoms with Gasteiger partial charge < -0.3 is 9.64 Å². The molecule has 3 rings (SSSR count). The highest BCUT2D eigenvalue weighted by molar-refractivity contribution is 5.95. The number of alkyl halides is 3. The van der Waals surface area contributed by atoms with Crippen LogP contribution in [0.25, 0.3) is 5.69 Å². The summed E-state index contributed by atoms with van der Waals surface area (Å²) in [6.07, 6.45) is -3.91. The molecule has 0 fully saturated rings. The van der Waals surface area contributed by atoms with E-state index in [0.29, 0.717) is 10.2 Å². The van der Waals surface area contributed by atoms with Crippen LogP contribution in [0.15, 0.2) is 48.7 Å². The number of rotatable bonds is 5. The molecule has 9 heteroatoms. The van der Waals surface area contributed by atoms with Crippen LogP contribution in [-0.4, -0.2) is 34.7 Å². The van der Waals surface area contributed by atoms with E-state index in [-0.39, 0.29) is 18.0 Å². The van der Waals surface area contributed by atoms with Crippen molar-refractivity contribution in [1.82, 2.24) is 14.7 Å². The Hall–Kier alpha value is -3.36. The van der Waals surface area contributed by atoms with Gasteiger partial charge in [0, 0.05) is 13.6 Å². The molecule has 0 saturated heterocycles. The fourth-order valence-electron chi connectivity index (χ4n) is 3.02. The van der Waals surface area contributed by atoms with E-state index in [1.807, 2.05) is 6.92 Å². The Kier molecular flexibility index (Phi) is 5.82. The third-order valence-corrected chi connectivity index (χ3v) is 4.53. The Bertz CT molecular complexity index is 1060. The maximum atomic E-state index is 13.9. The number of aryl methyl sites for hydroxylation is 1. The van der Waals surface area contributed by atoms with Crippen LogP contribution in [0.1, 0.15) is 27.2 Å². The van der Waals surface area contributed by atoms with Gasteiger partial charge in [-0.2, -0.15) is 18.3 Å². The fourth-order valence-corrected chi connectivity index (χ4v) is 3.02. The molecule has 1 aromatic heterocycles. The number of halogens is 4. The summed E-state index contributed by atoms with van der Waals surface area (Å²) in [6, 6.07) is 10.4. The van der Waals surface area contributed by atoms with Crippen molar-refractivity contribution in [3.8, 4) is 11.4 Å². The van der Waals surface area contributed by atoms with Crippen LogP contribution in [0.2, 0.25) is 0 Å². The molecule has 0 aliphatic rings. The number of ether oxygens (including phenoxy) is 1. The minimum Gasteiger partial charge on any atom is -0.494 e. The topological polar surface area (TPSA) is 47.4 Å². The summed E-state index contributed by atoms with van der Waals surface area (Å²) in [5, 5.41) is 3.80. The van der Waals surface area contributed by atoms with Crippen molar-refractivity contribution in [3.05, 3.63) is 76.9 Å². The minimum absolute atomic E-state index is 0.0338. The number of carbonyl (C=O) groups is 1. The maximum Gasteiger partial charge on any atom is 0.434 e. The summed E-state index contributed by atoms with van der Waals surface area (Å²) in [6.45, 7) is 1.72. The zero-order valence-electron chi connectivity index (χ0n) is 16.5. The van der Waals surface area contributed by atoms with Gasteiger partial charge in [0.25, 0.3) is 5.91 Å². The molecule has 0 N–H and O–H groups in total. The maximum absolute atomic E-state index is 13.9. The van der Waals surface area contributed by atoms with Gasteiger partial charge >= 0.3 is 6.18 Å². The lowest BCUT2D eigenvalue weighted by Crippen LogP contribution is -2.28. The lowest BCUT2D eigenvalue weighted by Gasteiger charge is -2.19. The number of aromatic nitrogens is 2. The third kappa shape index (κ3) is 4.29. The van der Waals surface area contributed by atoms with Gasteiger partial charge in [-0.3, -0.25) is 4.79 Å². The van der Waals surface area contributed by atoms with Crippen LogP contribution in [0, 0.1) is 12.7 Å². The number of nitrogens with zero attached hydrogens (tertiary/aromatic N) is 3. The molecule has 0 atom stereocenters. The van der Waals surface area contributed by atoms with Crippen molar-refractivity contribution in [2.45, 2.75) is 19.6 Å². The van der Waals surface area contributed by atoms with E-state index in [2.05, 4.69) is 5.10 Å². The molecular weight excluding hydrogens is 402 g/mol. The van der Waals surface area contributed by atoms with E-state index in [1.165, 1.54) is 44.5 Å². The molecule has 1 amide bonds. The number of hydrogen-bond donors (Lipinski definition) is 0. The van der Waals surface area contributed by atoms with Crippen molar-refractivity contribution in [3.63, 3.8) is 0 Å². The van der Waals surface area contributed by atoms with Gasteiger partial charge in [0.2, 0.25) is 0 Å². The van der Waals surface area contributed by atoms with Gasteiger partial charge in [0.1, 0.15) is 0 Å². The number of amides is 1. The zero-order chi connectivity index (χ0) is 22.1. The molecule has 0 spiro atoms. The van der Waals surface area contributed by atoms with Gasteiger partial charge in [-0.15, -0.1) is 0 Å². The number of hydrogen-bond acceptors (Lipinski definition) is 3. The SMILES string of the molecule is COc1ccc(CN(C)C(=O)c2cnn(-c3ccc(C)cc3)c2C(F)(F)F)cc1F. The Morgan fingerprint density at radius 2 is 1.83 bits per heavy atom. The van der Waals surface area contributed by atoms with E-state index in [1.54, 1.807) is 12.1 Å². The van der Waals surface area contributed by atoms with Crippen LogP contribution < -0.4 is 4.74 Å². The Morgan fingerprint density at radius 1 is 1.17 bits per heavy atom. The molecule has 5 nitrogen and oxygen atoms in total. The molecule has 3 aromatic rings. The highest BCUT2D eigenvalue weighted by Crippen LogP contribution is 2.34. The standard InChI is InChI=1S/C21H19F4N3O2/c1-13-4-7-15(8-5-13)28-19(21(23,24)25)16(11-26-28)20(29)27(2)12-14-6-9-18(30-3)17(22)10-14/h4-11H,12H2,1-3H3. The number of carbonyl (C=O) groups excluding carboxylic acids is 1. The van der Waals surface area contributed by atoms with Crippen molar-refractivity contribution >= 4 is 5.91 Å². The van der Waals surface area contributed by atoms with Gasteiger partial charge in [-0.05, 0) is 36.8 Å². The van der Waals surface area contributed by atoms with E-state index in [9.17, 15) is 22.4 Å². The average Bonchev–Trinajstić information content (AvgIpc) is 3.13. The monoisotopic (exact) mass is 421 g/mol. The quantitative estimate of drug-likeness (QED) is 0.565. The Morgan fingerprint density at radius 3 is 2.40 bits per heavy atom. The van der Waals surface area contributed by atoms with Gasteiger partial charge in [-0.25, -0.2) is 9.07 Å². The Balaban J connectivity index is 1.93. The molecule has 0 aliphatic carbocycles. The summed E-state index contributed by atoms with van der Waals surface area (Å²) in [7, 11) is 2.66. The van der Waals surface area contributed by atoms with Crippen LogP contribution >= 0.6 is 0 Å². The van der Waals surface area contributed by atoms with Crippen molar-refractivity contribution < 1.29 is 27.1 Å². The van der Waals surface area contributed by atoms with Crippen LogP contribution in [-0.2, 0) is 12.7 Å². The molecule has 1 heterocycles. The summed E-state index contributed by atoms with van der Waals surface area (Å²) in [5.41, 5.74) is -0.276. The fraction of sp³-hybridized carbons (Fsp3) is 0.238. The number of methoxy groups -OCH3 is 1. The van der Waals surface area contributed by atoms with Crippen LogP contribution in [0.4, 0.5) is 17.6 Å². The van der Waals surface area contributed by atoms with Gasteiger partial charge in [0.15, 0.2) is 17.3 Å². The molecule has 30 heavy (non-hydrogen) atoms.